The Balaban J connectivity index is 0.000000226. The Morgan fingerprint density at radius 3 is 1.85 bits per heavy atom. The average Bonchev–Trinajstić information content (AvgIpc) is 2.06. The van der Waals surface area contributed by atoms with Crippen molar-refractivity contribution in [1.29, 1.82) is 0 Å². The van der Waals surface area contributed by atoms with Crippen LogP contribution in [0.5, 0.6) is 0 Å². The zero-order valence-electron chi connectivity index (χ0n) is 7.40. The van der Waals surface area contributed by atoms with Gasteiger partial charge in [0.15, 0.2) is 0 Å². The SMILES string of the molecule is CN1CCNCC1.O=CC(F)(F)F. The van der Waals surface area contributed by atoms with Crippen molar-refractivity contribution >= 4 is 6.29 Å². The number of carbonyl (C=O) groups is 1. The Morgan fingerprint density at radius 2 is 1.69 bits per heavy atom. The number of likely N-dealkylation sites (N-methyl/N-ethyl adjacent to an activating group) is 1. The van der Waals surface area contributed by atoms with Gasteiger partial charge in [-0.3, -0.25) is 4.79 Å². The summed E-state index contributed by atoms with van der Waals surface area (Å²) in [6.07, 6.45) is -5.70. The Kier molecular flexibility index (Phi) is 5.65. The summed E-state index contributed by atoms with van der Waals surface area (Å²) in [6.45, 7) is 4.74. The van der Waals surface area contributed by atoms with Gasteiger partial charge < -0.3 is 10.2 Å². The molecule has 78 valence electrons. The van der Waals surface area contributed by atoms with Crippen LogP contribution in [0, 0.1) is 0 Å². The van der Waals surface area contributed by atoms with Crippen molar-refractivity contribution in [3.8, 4) is 0 Å². The number of hydrogen-bond acceptors (Lipinski definition) is 3. The lowest BCUT2D eigenvalue weighted by Gasteiger charge is -2.21. The van der Waals surface area contributed by atoms with E-state index in [0.717, 1.165) is 13.1 Å². The molecule has 1 rings (SSSR count). The smallest absolute Gasteiger partial charge is 0.314 e. The summed E-state index contributed by atoms with van der Waals surface area (Å²) in [7, 11) is 2.15. The van der Waals surface area contributed by atoms with Crippen LogP contribution in [0.15, 0.2) is 0 Å². The number of alkyl halides is 3. The molecule has 1 N–H and O–H groups in total. The van der Waals surface area contributed by atoms with Crippen LogP contribution in [-0.2, 0) is 4.79 Å². The van der Waals surface area contributed by atoms with Crippen LogP contribution in [0.3, 0.4) is 0 Å². The van der Waals surface area contributed by atoms with Crippen molar-refractivity contribution < 1.29 is 18.0 Å². The molecule has 1 saturated heterocycles. The van der Waals surface area contributed by atoms with Crippen LogP contribution >= 0.6 is 0 Å². The van der Waals surface area contributed by atoms with Crippen molar-refractivity contribution in [3.05, 3.63) is 0 Å². The first-order valence-corrected chi connectivity index (χ1v) is 3.88. The first kappa shape index (κ1) is 12.4. The van der Waals surface area contributed by atoms with E-state index in [4.69, 9.17) is 4.79 Å². The molecule has 0 bridgehead atoms. The lowest BCUT2D eigenvalue weighted by atomic mass is 10.4. The molecule has 1 aliphatic rings. The summed E-state index contributed by atoms with van der Waals surface area (Å²) in [5, 5.41) is 3.27. The van der Waals surface area contributed by atoms with Crippen LogP contribution in [0.4, 0.5) is 13.2 Å². The number of nitrogens with one attached hydrogen (secondary N) is 1. The summed E-state index contributed by atoms with van der Waals surface area (Å²) in [5.74, 6) is 0. The standard InChI is InChI=1S/C5H12N2.C2HF3O/c1-7-4-2-6-3-5-7;3-2(4,5)1-6/h6H,2-5H2,1H3;1H. The molecule has 13 heavy (non-hydrogen) atoms. The maximum atomic E-state index is 10.4. The van der Waals surface area contributed by atoms with E-state index >= 15 is 0 Å². The third kappa shape index (κ3) is 9.29. The van der Waals surface area contributed by atoms with Crippen molar-refractivity contribution in [2.24, 2.45) is 0 Å². The highest BCUT2D eigenvalue weighted by Gasteiger charge is 2.24. The number of rotatable bonds is 0. The van der Waals surface area contributed by atoms with Crippen molar-refractivity contribution in [3.63, 3.8) is 0 Å². The number of aldehydes is 1. The van der Waals surface area contributed by atoms with Crippen LogP contribution in [-0.4, -0.2) is 50.6 Å². The van der Waals surface area contributed by atoms with Gasteiger partial charge in [-0.25, -0.2) is 0 Å². The van der Waals surface area contributed by atoms with E-state index in [0.29, 0.717) is 0 Å². The number of halogens is 3. The molecule has 1 heterocycles. The molecule has 6 heteroatoms. The van der Waals surface area contributed by atoms with Crippen LogP contribution in [0.25, 0.3) is 0 Å². The quantitative estimate of drug-likeness (QED) is 0.567. The van der Waals surface area contributed by atoms with Crippen molar-refractivity contribution in [2.75, 3.05) is 33.2 Å². The second kappa shape index (κ2) is 5.93. The second-order valence-corrected chi connectivity index (χ2v) is 2.71. The summed E-state index contributed by atoms with van der Waals surface area (Å²) in [6, 6.07) is 0. The van der Waals surface area contributed by atoms with E-state index < -0.39 is 12.5 Å². The topological polar surface area (TPSA) is 32.3 Å². The van der Waals surface area contributed by atoms with E-state index in [1.807, 2.05) is 0 Å². The molecule has 0 spiro atoms. The Bertz CT molecular complexity index is 143. The fourth-order valence-electron chi connectivity index (χ4n) is 0.777. The highest BCUT2D eigenvalue weighted by molar-refractivity contribution is 5.56. The minimum absolute atomic E-state index is 1.06. The molecule has 0 aromatic rings. The zero-order valence-corrected chi connectivity index (χ0v) is 7.40. The van der Waals surface area contributed by atoms with E-state index in [9.17, 15) is 13.2 Å². The predicted octanol–water partition coefficient (Wildman–Crippen LogP) is 0.269. The lowest BCUT2D eigenvalue weighted by Crippen LogP contribution is -2.40. The fraction of sp³-hybridized carbons (Fsp3) is 0.857. The predicted molar refractivity (Wildman–Crippen MR) is 42.5 cm³/mol. The molecule has 1 aliphatic heterocycles. The Morgan fingerprint density at radius 1 is 1.31 bits per heavy atom. The minimum atomic E-state index is -4.64. The van der Waals surface area contributed by atoms with E-state index in [1.165, 1.54) is 13.1 Å². The van der Waals surface area contributed by atoms with Gasteiger partial charge in [-0.05, 0) is 7.05 Å². The van der Waals surface area contributed by atoms with Gasteiger partial charge in [-0.15, -0.1) is 0 Å². The van der Waals surface area contributed by atoms with Crippen LogP contribution in [0.1, 0.15) is 0 Å². The number of nitrogens with zero attached hydrogens (tertiary/aromatic N) is 1. The molecule has 0 atom stereocenters. The van der Waals surface area contributed by atoms with Gasteiger partial charge in [0.2, 0.25) is 6.29 Å². The van der Waals surface area contributed by atoms with E-state index in [1.54, 1.807) is 0 Å². The minimum Gasteiger partial charge on any atom is -0.314 e. The third-order valence-corrected chi connectivity index (χ3v) is 1.47. The molecule has 0 unspecified atom stereocenters. The first-order chi connectivity index (χ1) is 5.95. The Labute approximate surface area is 74.9 Å². The summed E-state index contributed by atoms with van der Waals surface area (Å²) >= 11 is 0. The van der Waals surface area contributed by atoms with Gasteiger partial charge in [0, 0.05) is 26.2 Å². The molecule has 0 radical (unpaired) electrons. The largest absolute Gasteiger partial charge is 0.446 e. The fourth-order valence-corrected chi connectivity index (χ4v) is 0.777. The molecule has 0 amide bonds. The van der Waals surface area contributed by atoms with E-state index in [2.05, 4.69) is 17.3 Å². The van der Waals surface area contributed by atoms with Crippen LogP contribution < -0.4 is 5.32 Å². The molecule has 0 aliphatic carbocycles. The normalized spacial score (nSPS) is 18.8. The van der Waals surface area contributed by atoms with Crippen LogP contribution in [0.2, 0.25) is 0 Å². The lowest BCUT2D eigenvalue weighted by molar-refractivity contribution is -0.156. The molecule has 0 aromatic heterocycles. The zero-order chi connectivity index (χ0) is 10.3. The average molecular weight is 198 g/mol. The van der Waals surface area contributed by atoms with Gasteiger partial charge in [-0.2, -0.15) is 13.2 Å². The monoisotopic (exact) mass is 198 g/mol. The maximum Gasteiger partial charge on any atom is 0.446 e. The molecule has 3 nitrogen and oxygen atoms in total. The number of piperazine rings is 1. The molecular weight excluding hydrogens is 185 g/mol. The summed E-state index contributed by atoms with van der Waals surface area (Å²) < 4.78 is 31.2. The summed E-state index contributed by atoms with van der Waals surface area (Å²) in [5.41, 5.74) is 0. The first-order valence-electron chi connectivity index (χ1n) is 3.88. The van der Waals surface area contributed by atoms with Gasteiger partial charge >= 0.3 is 6.18 Å². The Hall–Kier alpha value is -0.620. The third-order valence-electron chi connectivity index (χ3n) is 1.47. The molecule has 0 saturated carbocycles. The summed E-state index contributed by atoms with van der Waals surface area (Å²) in [4.78, 5) is 11.0. The van der Waals surface area contributed by atoms with E-state index in [-0.39, 0.29) is 0 Å². The highest BCUT2D eigenvalue weighted by Crippen LogP contribution is 2.08. The van der Waals surface area contributed by atoms with Gasteiger partial charge in [0.05, 0.1) is 0 Å². The second-order valence-electron chi connectivity index (χ2n) is 2.71. The van der Waals surface area contributed by atoms with Crippen molar-refractivity contribution in [2.45, 2.75) is 6.18 Å². The maximum absolute atomic E-state index is 10.4. The van der Waals surface area contributed by atoms with Gasteiger partial charge in [0.1, 0.15) is 0 Å². The van der Waals surface area contributed by atoms with Crippen molar-refractivity contribution in [1.82, 2.24) is 10.2 Å². The highest BCUT2D eigenvalue weighted by atomic mass is 19.4. The molecule has 0 aromatic carbocycles. The number of carbonyl (C=O) groups excluding carboxylic acids is 1. The van der Waals surface area contributed by atoms with Gasteiger partial charge in [-0.1, -0.05) is 0 Å². The number of hydrogen-bond donors (Lipinski definition) is 1. The molecule has 1 fully saturated rings. The molecular formula is C7H13F3N2O. The van der Waals surface area contributed by atoms with Gasteiger partial charge in [0.25, 0.3) is 0 Å².